The van der Waals surface area contributed by atoms with Crippen LogP contribution in [-0.4, -0.2) is 22.6 Å². The number of hydrogen-bond donors (Lipinski definition) is 1. The van der Waals surface area contributed by atoms with E-state index in [-0.39, 0.29) is 10.2 Å². The molecule has 0 fully saturated rings. The highest BCUT2D eigenvalue weighted by atomic mass is 32.2. The van der Waals surface area contributed by atoms with Crippen LogP contribution in [0.15, 0.2) is 28.0 Å². The zero-order chi connectivity index (χ0) is 10.2. The lowest BCUT2D eigenvalue weighted by Gasteiger charge is -1.98. The van der Waals surface area contributed by atoms with Crippen LogP contribution in [0.3, 0.4) is 0 Å². The normalized spacial score (nSPS) is 11.7. The lowest BCUT2D eigenvalue weighted by molar-refractivity contribution is 0.582. The Kier molecular flexibility index (Phi) is 2.01. The fourth-order valence-corrected chi connectivity index (χ4v) is 3.01. The predicted molar refractivity (Wildman–Crippen MR) is 51.3 cm³/mol. The maximum atomic E-state index is 11.7. The molecule has 8 heteroatoms. The Hall–Kier alpha value is -1.41. The summed E-state index contributed by atoms with van der Waals surface area (Å²) in [5.41, 5.74) is 5.22. The number of thiophene rings is 1. The number of aromatic nitrogens is 3. The van der Waals surface area contributed by atoms with Gasteiger partial charge >= 0.3 is 0 Å². The molecule has 2 aromatic rings. The van der Waals surface area contributed by atoms with Gasteiger partial charge in [-0.2, -0.15) is 13.4 Å². The van der Waals surface area contributed by atoms with Gasteiger partial charge in [-0.25, -0.2) is 0 Å². The molecule has 2 heterocycles. The first-order valence-electron chi connectivity index (χ1n) is 3.57. The first-order valence-corrected chi connectivity index (χ1v) is 5.89. The molecular formula is C6H6N4O2S2. The molecule has 0 saturated heterocycles. The summed E-state index contributed by atoms with van der Waals surface area (Å²) < 4.78 is 24.4. The van der Waals surface area contributed by atoms with Gasteiger partial charge in [0.25, 0.3) is 10.0 Å². The molecule has 0 saturated carbocycles. The molecule has 0 radical (unpaired) electrons. The van der Waals surface area contributed by atoms with E-state index in [9.17, 15) is 8.42 Å². The van der Waals surface area contributed by atoms with Crippen LogP contribution in [0.1, 0.15) is 0 Å². The quantitative estimate of drug-likeness (QED) is 0.793. The van der Waals surface area contributed by atoms with Crippen molar-refractivity contribution in [2.45, 2.75) is 4.21 Å². The van der Waals surface area contributed by atoms with E-state index in [1.807, 2.05) is 0 Å². The SMILES string of the molecule is Nc1ncn(S(=O)(=O)c2cccs2)n1. The van der Waals surface area contributed by atoms with Gasteiger partial charge in [0.1, 0.15) is 10.5 Å². The third-order valence-corrected chi connectivity index (χ3v) is 4.38. The molecular weight excluding hydrogens is 224 g/mol. The van der Waals surface area contributed by atoms with Gasteiger partial charge in [0, 0.05) is 0 Å². The summed E-state index contributed by atoms with van der Waals surface area (Å²) in [6.45, 7) is 0. The Labute approximate surface area is 84.1 Å². The van der Waals surface area contributed by atoms with Crippen molar-refractivity contribution in [3.63, 3.8) is 0 Å². The molecule has 0 spiro atoms. The molecule has 0 aliphatic heterocycles. The molecule has 0 atom stereocenters. The van der Waals surface area contributed by atoms with E-state index in [0.29, 0.717) is 0 Å². The number of nitrogens with zero attached hydrogens (tertiary/aromatic N) is 3. The van der Waals surface area contributed by atoms with E-state index < -0.39 is 10.0 Å². The first kappa shape index (κ1) is 9.16. The van der Waals surface area contributed by atoms with Crippen molar-refractivity contribution >= 4 is 27.3 Å². The second-order valence-corrected chi connectivity index (χ2v) is 5.38. The Morgan fingerprint density at radius 2 is 2.29 bits per heavy atom. The van der Waals surface area contributed by atoms with Crippen LogP contribution in [0.4, 0.5) is 5.95 Å². The fraction of sp³-hybridized carbons (Fsp3) is 0. The Morgan fingerprint density at radius 1 is 1.50 bits per heavy atom. The van der Waals surface area contributed by atoms with E-state index in [1.54, 1.807) is 11.4 Å². The molecule has 14 heavy (non-hydrogen) atoms. The average Bonchev–Trinajstić information content (AvgIpc) is 2.72. The summed E-state index contributed by atoms with van der Waals surface area (Å²) in [5.74, 6) is -0.0647. The zero-order valence-corrected chi connectivity index (χ0v) is 8.49. The highest BCUT2D eigenvalue weighted by molar-refractivity contribution is 7.91. The molecule has 0 unspecified atom stereocenters. The summed E-state index contributed by atoms with van der Waals surface area (Å²) >= 11 is 1.12. The summed E-state index contributed by atoms with van der Waals surface area (Å²) in [6, 6.07) is 3.15. The molecule has 0 bridgehead atoms. The second kappa shape index (κ2) is 3.07. The van der Waals surface area contributed by atoms with Gasteiger partial charge in [-0.3, -0.25) is 0 Å². The van der Waals surface area contributed by atoms with E-state index in [2.05, 4.69) is 10.1 Å². The van der Waals surface area contributed by atoms with Crippen molar-refractivity contribution in [1.82, 2.24) is 14.2 Å². The summed E-state index contributed by atoms with van der Waals surface area (Å²) in [6.07, 6.45) is 1.07. The Balaban J connectivity index is 2.54. The molecule has 0 aliphatic carbocycles. The monoisotopic (exact) mass is 230 g/mol. The molecule has 6 nitrogen and oxygen atoms in total. The van der Waals surface area contributed by atoms with Crippen LogP contribution >= 0.6 is 11.3 Å². The van der Waals surface area contributed by atoms with Gasteiger partial charge in [0.2, 0.25) is 5.95 Å². The van der Waals surface area contributed by atoms with Crippen molar-refractivity contribution in [3.8, 4) is 0 Å². The minimum Gasteiger partial charge on any atom is -0.366 e. The van der Waals surface area contributed by atoms with Crippen molar-refractivity contribution in [2.24, 2.45) is 0 Å². The lowest BCUT2D eigenvalue weighted by atomic mass is 10.7. The summed E-state index contributed by atoms with van der Waals surface area (Å²) in [7, 11) is -3.59. The van der Waals surface area contributed by atoms with Crippen molar-refractivity contribution < 1.29 is 8.42 Å². The van der Waals surface area contributed by atoms with Gasteiger partial charge < -0.3 is 5.73 Å². The van der Waals surface area contributed by atoms with Crippen LogP contribution < -0.4 is 5.73 Å². The third-order valence-electron chi connectivity index (χ3n) is 1.49. The number of nitrogen functional groups attached to an aromatic ring is 1. The van der Waals surface area contributed by atoms with Crippen LogP contribution in [0, 0.1) is 0 Å². The molecule has 0 aliphatic rings. The maximum Gasteiger partial charge on any atom is 0.293 e. The van der Waals surface area contributed by atoms with E-state index in [0.717, 1.165) is 21.8 Å². The number of hydrogen-bond acceptors (Lipinski definition) is 6. The fourth-order valence-electron chi connectivity index (χ4n) is 0.879. The number of rotatable bonds is 2. The van der Waals surface area contributed by atoms with Crippen LogP contribution in [0.2, 0.25) is 0 Å². The molecule has 2 N–H and O–H groups in total. The van der Waals surface area contributed by atoms with Gasteiger partial charge in [0.15, 0.2) is 0 Å². The zero-order valence-electron chi connectivity index (χ0n) is 6.86. The van der Waals surface area contributed by atoms with Gasteiger partial charge in [-0.15, -0.1) is 20.5 Å². The van der Waals surface area contributed by atoms with Crippen LogP contribution in [-0.2, 0) is 10.0 Å². The average molecular weight is 230 g/mol. The molecule has 0 aromatic carbocycles. The number of anilines is 1. The lowest BCUT2D eigenvalue weighted by Crippen LogP contribution is -2.12. The summed E-state index contributed by atoms with van der Waals surface area (Å²) in [4.78, 5) is 3.55. The van der Waals surface area contributed by atoms with Crippen molar-refractivity contribution in [2.75, 3.05) is 5.73 Å². The van der Waals surface area contributed by atoms with Crippen LogP contribution in [0.25, 0.3) is 0 Å². The Bertz CT molecular complexity index is 528. The highest BCUT2D eigenvalue weighted by Crippen LogP contribution is 2.18. The van der Waals surface area contributed by atoms with Crippen molar-refractivity contribution in [3.05, 3.63) is 23.8 Å². The van der Waals surface area contributed by atoms with E-state index in [1.165, 1.54) is 6.07 Å². The minimum atomic E-state index is -3.59. The molecule has 0 amide bonds. The van der Waals surface area contributed by atoms with E-state index in [4.69, 9.17) is 5.73 Å². The van der Waals surface area contributed by atoms with Gasteiger partial charge in [-0.05, 0) is 11.4 Å². The van der Waals surface area contributed by atoms with Crippen molar-refractivity contribution in [1.29, 1.82) is 0 Å². The smallest absolute Gasteiger partial charge is 0.293 e. The standard InChI is InChI=1S/C6H6N4O2S2/c7-6-8-4-10(9-6)14(11,12)5-2-1-3-13-5/h1-4H,(H2,7,9). The van der Waals surface area contributed by atoms with Gasteiger partial charge in [-0.1, -0.05) is 6.07 Å². The van der Waals surface area contributed by atoms with E-state index >= 15 is 0 Å². The molecule has 2 aromatic heterocycles. The predicted octanol–water partition coefficient (Wildman–Crippen LogP) is 0.159. The maximum absolute atomic E-state index is 11.7. The molecule has 74 valence electrons. The van der Waals surface area contributed by atoms with Gasteiger partial charge in [0.05, 0.1) is 0 Å². The minimum absolute atomic E-state index is 0.0647. The number of nitrogens with two attached hydrogens (primary N) is 1. The molecule has 2 rings (SSSR count). The van der Waals surface area contributed by atoms with Crippen LogP contribution in [0.5, 0.6) is 0 Å². The largest absolute Gasteiger partial charge is 0.366 e. The third kappa shape index (κ3) is 1.38. The summed E-state index contributed by atoms with van der Waals surface area (Å²) in [5, 5.41) is 5.21. The second-order valence-electron chi connectivity index (χ2n) is 2.41. The first-order chi connectivity index (χ1) is 6.60. The topological polar surface area (TPSA) is 90.9 Å². The highest BCUT2D eigenvalue weighted by Gasteiger charge is 2.18. The Morgan fingerprint density at radius 3 is 2.79 bits per heavy atom.